The van der Waals surface area contributed by atoms with Crippen LogP contribution in [-0.4, -0.2) is 44.5 Å². The number of halogens is 1. The van der Waals surface area contributed by atoms with Gasteiger partial charge in [-0.1, -0.05) is 69.3 Å². The minimum atomic E-state index is -0.207. The van der Waals surface area contributed by atoms with Crippen LogP contribution in [0.25, 0.3) is 5.57 Å². The van der Waals surface area contributed by atoms with Gasteiger partial charge in [0.1, 0.15) is 5.82 Å². The molecule has 2 aromatic carbocycles. The highest BCUT2D eigenvalue weighted by Gasteiger charge is 2.29. The lowest BCUT2D eigenvalue weighted by molar-refractivity contribution is 0.237. The molecule has 0 aliphatic carbocycles. The minimum Gasteiger partial charge on any atom is -0.367 e. The molecule has 3 N–H and O–H groups in total. The number of hydrogen-bond acceptors (Lipinski definition) is 3. The largest absolute Gasteiger partial charge is 0.367 e. The molecule has 5 heteroatoms. The average Bonchev–Trinajstić information content (AvgIpc) is 2.84. The Morgan fingerprint density at radius 3 is 2.49 bits per heavy atom. The molecule has 1 heterocycles. The molecule has 0 spiro atoms. The summed E-state index contributed by atoms with van der Waals surface area (Å²) in [6.07, 6.45) is 5.91. The van der Waals surface area contributed by atoms with E-state index in [0.717, 1.165) is 38.2 Å². The molecule has 190 valence electrons. The van der Waals surface area contributed by atoms with Crippen molar-refractivity contribution < 1.29 is 4.39 Å². The number of amidine groups is 1. The van der Waals surface area contributed by atoms with Crippen LogP contribution < -0.4 is 11.1 Å². The van der Waals surface area contributed by atoms with E-state index in [1.165, 1.54) is 22.8 Å². The second-order valence-corrected chi connectivity index (χ2v) is 10.7. The van der Waals surface area contributed by atoms with Gasteiger partial charge in [0.15, 0.2) is 0 Å². The molecule has 4 nitrogen and oxygen atoms in total. The molecular weight excluding hydrogens is 435 g/mol. The van der Waals surface area contributed by atoms with Crippen molar-refractivity contribution in [2.45, 2.75) is 52.5 Å². The van der Waals surface area contributed by atoms with Crippen molar-refractivity contribution in [1.82, 2.24) is 10.2 Å². The Morgan fingerprint density at radius 1 is 1.17 bits per heavy atom. The van der Waals surface area contributed by atoms with Crippen LogP contribution in [0.4, 0.5) is 4.39 Å². The average molecular weight is 479 g/mol. The standard InChI is InChI=1S/C30H43FN4/c1-22(20-23-10-12-24(13-11-23)25-15-18-35(5)19-16-25)30(2,3)21-29(33-4)34-28(14-17-32)26-8-6-7-9-27(26)31/h6-13,15,22,28H,14,16-21,32H2,1-5H3,(H,33,34)/t22?,28-/m0/s1. The van der Waals surface area contributed by atoms with E-state index in [-0.39, 0.29) is 17.3 Å². The maximum absolute atomic E-state index is 14.5. The lowest BCUT2D eigenvalue weighted by Gasteiger charge is -2.34. The lowest BCUT2D eigenvalue weighted by Crippen LogP contribution is -2.36. The first-order valence-electron chi connectivity index (χ1n) is 12.9. The Kier molecular flexibility index (Phi) is 9.64. The molecule has 35 heavy (non-hydrogen) atoms. The van der Waals surface area contributed by atoms with Gasteiger partial charge in [-0.3, -0.25) is 4.99 Å². The molecule has 0 radical (unpaired) electrons. The maximum atomic E-state index is 14.5. The van der Waals surface area contributed by atoms with E-state index in [2.05, 4.69) is 73.4 Å². The number of nitrogens with two attached hydrogens (primary N) is 1. The molecule has 1 aliphatic rings. The number of rotatable bonds is 10. The molecule has 0 aromatic heterocycles. The van der Waals surface area contributed by atoms with Crippen molar-refractivity contribution in [3.63, 3.8) is 0 Å². The Hall–Kier alpha value is -2.50. The summed E-state index contributed by atoms with van der Waals surface area (Å²) in [6, 6.07) is 15.8. The Morgan fingerprint density at radius 2 is 1.89 bits per heavy atom. The van der Waals surface area contributed by atoms with Gasteiger partial charge in [-0.05, 0) is 67.0 Å². The quantitative estimate of drug-likeness (QED) is 0.333. The highest BCUT2D eigenvalue weighted by molar-refractivity contribution is 5.83. The van der Waals surface area contributed by atoms with Gasteiger partial charge in [0.25, 0.3) is 0 Å². The van der Waals surface area contributed by atoms with Crippen LogP contribution >= 0.6 is 0 Å². The summed E-state index contributed by atoms with van der Waals surface area (Å²) in [5, 5.41) is 3.50. The molecule has 0 saturated carbocycles. The molecule has 0 fully saturated rings. The Balaban J connectivity index is 1.64. The number of hydrogen-bond donors (Lipinski definition) is 2. The summed E-state index contributed by atoms with van der Waals surface area (Å²) in [5.74, 6) is 1.13. The zero-order chi connectivity index (χ0) is 25.4. The first kappa shape index (κ1) is 27.1. The predicted octanol–water partition coefficient (Wildman–Crippen LogP) is 5.85. The zero-order valence-corrected chi connectivity index (χ0v) is 22.2. The van der Waals surface area contributed by atoms with Crippen LogP contribution in [0.5, 0.6) is 0 Å². The van der Waals surface area contributed by atoms with Crippen LogP contribution in [0.15, 0.2) is 59.6 Å². The molecule has 0 saturated heterocycles. The van der Waals surface area contributed by atoms with Gasteiger partial charge in [-0.25, -0.2) is 4.39 Å². The van der Waals surface area contributed by atoms with Crippen molar-refractivity contribution in [3.8, 4) is 0 Å². The van der Waals surface area contributed by atoms with Gasteiger partial charge in [0, 0.05) is 32.1 Å². The van der Waals surface area contributed by atoms with Crippen LogP contribution in [-0.2, 0) is 6.42 Å². The minimum absolute atomic E-state index is 0.0134. The topological polar surface area (TPSA) is 53.6 Å². The Bertz CT molecular complexity index is 1010. The smallest absolute Gasteiger partial charge is 0.128 e. The highest BCUT2D eigenvalue weighted by atomic mass is 19.1. The SMILES string of the molecule is CN=C(CC(C)(C)C(C)Cc1ccc(C2=CCN(C)CC2)cc1)N[C@@H](CCN)c1ccccc1F. The molecule has 2 aromatic rings. The fourth-order valence-corrected chi connectivity index (χ4v) is 4.75. The number of nitrogens with one attached hydrogen (secondary N) is 1. The van der Waals surface area contributed by atoms with Crippen molar-refractivity contribution in [1.29, 1.82) is 0 Å². The fraction of sp³-hybridized carbons (Fsp3) is 0.500. The molecule has 1 aliphatic heterocycles. The fourth-order valence-electron chi connectivity index (χ4n) is 4.75. The van der Waals surface area contributed by atoms with Gasteiger partial charge < -0.3 is 16.0 Å². The van der Waals surface area contributed by atoms with E-state index in [1.807, 2.05) is 12.1 Å². The van der Waals surface area contributed by atoms with Gasteiger partial charge in [0.05, 0.1) is 11.9 Å². The monoisotopic (exact) mass is 478 g/mol. The van der Waals surface area contributed by atoms with Gasteiger partial charge >= 0.3 is 0 Å². The molecular formula is C30H43FN4. The third kappa shape index (κ3) is 7.49. The van der Waals surface area contributed by atoms with Gasteiger partial charge in [0.2, 0.25) is 0 Å². The van der Waals surface area contributed by atoms with E-state index in [4.69, 9.17) is 5.73 Å². The number of likely N-dealkylation sites (N-methyl/N-ethyl adjacent to an activating group) is 1. The summed E-state index contributed by atoms with van der Waals surface area (Å²) in [7, 11) is 3.97. The van der Waals surface area contributed by atoms with Gasteiger partial charge in [-0.2, -0.15) is 0 Å². The summed E-state index contributed by atoms with van der Waals surface area (Å²) < 4.78 is 14.5. The van der Waals surface area contributed by atoms with Crippen molar-refractivity contribution in [3.05, 3.63) is 77.1 Å². The third-order valence-electron chi connectivity index (χ3n) is 7.58. The third-order valence-corrected chi connectivity index (χ3v) is 7.58. The second kappa shape index (κ2) is 12.5. The van der Waals surface area contributed by atoms with Crippen LogP contribution in [0.3, 0.4) is 0 Å². The van der Waals surface area contributed by atoms with Crippen molar-refractivity contribution in [2.75, 3.05) is 33.7 Å². The summed E-state index contributed by atoms with van der Waals surface area (Å²) in [6.45, 7) is 9.53. The van der Waals surface area contributed by atoms with E-state index in [9.17, 15) is 4.39 Å². The second-order valence-electron chi connectivity index (χ2n) is 10.7. The van der Waals surface area contributed by atoms with Crippen LogP contribution in [0.1, 0.15) is 62.8 Å². The summed E-state index contributed by atoms with van der Waals surface area (Å²) in [4.78, 5) is 6.89. The Labute approximate surface area is 211 Å². The highest BCUT2D eigenvalue weighted by Crippen LogP contribution is 2.34. The molecule has 3 rings (SSSR count). The lowest BCUT2D eigenvalue weighted by atomic mass is 9.74. The molecule has 0 amide bonds. The molecule has 2 atom stereocenters. The first-order valence-corrected chi connectivity index (χ1v) is 12.9. The summed E-state index contributed by atoms with van der Waals surface area (Å²) >= 11 is 0. The van der Waals surface area contributed by atoms with Crippen molar-refractivity contribution in [2.24, 2.45) is 22.1 Å². The van der Waals surface area contributed by atoms with Crippen LogP contribution in [0.2, 0.25) is 0 Å². The maximum Gasteiger partial charge on any atom is 0.128 e. The first-order chi connectivity index (χ1) is 16.7. The summed E-state index contributed by atoms with van der Waals surface area (Å²) in [5.41, 5.74) is 10.7. The predicted molar refractivity (Wildman–Crippen MR) is 147 cm³/mol. The van der Waals surface area contributed by atoms with Gasteiger partial charge in [-0.15, -0.1) is 0 Å². The normalized spacial score (nSPS) is 17.1. The molecule has 0 bridgehead atoms. The van der Waals surface area contributed by atoms with E-state index in [1.54, 1.807) is 13.1 Å². The van der Waals surface area contributed by atoms with Crippen molar-refractivity contribution >= 4 is 11.4 Å². The number of aliphatic imine (C=N–C) groups is 1. The molecule has 1 unspecified atom stereocenters. The van der Waals surface area contributed by atoms with E-state index < -0.39 is 0 Å². The van der Waals surface area contributed by atoms with E-state index in [0.29, 0.717) is 24.4 Å². The zero-order valence-electron chi connectivity index (χ0n) is 22.2. The van der Waals surface area contributed by atoms with E-state index >= 15 is 0 Å². The number of benzene rings is 2. The number of nitrogens with zero attached hydrogens (tertiary/aromatic N) is 2. The van der Waals surface area contributed by atoms with Crippen LogP contribution in [0, 0.1) is 17.2 Å².